The maximum atomic E-state index is 2.47. The third kappa shape index (κ3) is 4.42. The molecular weight excluding hydrogens is 410 g/mol. The minimum absolute atomic E-state index is 0.557. The van der Waals surface area contributed by atoms with E-state index in [1.165, 1.54) is 31.8 Å². The van der Waals surface area contributed by atoms with E-state index in [4.69, 9.17) is 0 Å². The predicted octanol–water partition coefficient (Wildman–Crippen LogP) is 5.28. The van der Waals surface area contributed by atoms with Crippen molar-refractivity contribution in [3.05, 3.63) is 133 Å². The van der Waals surface area contributed by atoms with Gasteiger partial charge in [-0.3, -0.25) is 0 Å². The van der Waals surface area contributed by atoms with Gasteiger partial charge in [-0.15, -0.1) is 12.1 Å². The molecule has 0 nitrogen and oxygen atoms in total. The molecular formula is C29H24P2. The van der Waals surface area contributed by atoms with E-state index in [9.17, 15) is 0 Å². The number of rotatable bonds is 5. The summed E-state index contributed by atoms with van der Waals surface area (Å²) in [6.45, 7) is 0. The highest BCUT2D eigenvalue weighted by atomic mass is 31.1. The molecule has 1 atom stereocenters. The van der Waals surface area contributed by atoms with Crippen LogP contribution < -0.4 is 26.5 Å². The fraction of sp³-hybridized carbons (Fsp3) is 0.0345. The van der Waals surface area contributed by atoms with Gasteiger partial charge in [-0.1, -0.05) is 98.9 Å². The van der Waals surface area contributed by atoms with E-state index in [2.05, 4.69) is 133 Å². The third-order valence-corrected chi connectivity index (χ3v) is 10.2. The van der Waals surface area contributed by atoms with Crippen LogP contribution in [0.1, 0.15) is 6.42 Å². The first-order valence-electron chi connectivity index (χ1n) is 10.6. The van der Waals surface area contributed by atoms with Crippen molar-refractivity contribution in [2.45, 2.75) is 6.42 Å². The summed E-state index contributed by atoms with van der Waals surface area (Å²) in [6.07, 6.45) is 10.2. The van der Waals surface area contributed by atoms with Gasteiger partial charge in [0.15, 0.2) is 0 Å². The van der Waals surface area contributed by atoms with Crippen molar-refractivity contribution in [3.8, 4) is 0 Å². The number of hydrogen-bond acceptors (Lipinski definition) is 0. The Hall–Kier alpha value is -2.91. The first-order valence-corrected chi connectivity index (χ1v) is 13.3. The van der Waals surface area contributed by atoms with Crippen molar-refractivity contribution in [3.63, 3.8) is 0 Å². The van der Waals surface area contributed by atoms with Gasteiger partial charge >= 0.3 is 0 Å². The Balaban J connectivity index is 1.64. The van der Waals surface area contributed by atoms with Crippen LogP contribution in [0.2, 0.25) is 0 Å². The number of hydrogen-bond donors (Lipinski definition) is 0. The monoisotopic (exact) mass is 434 g/mol. The summed E-state index contributed by atoms with van der Waals surface area (Å²) in [5.41, 5.74) is 0. The third-order valence-electron chi connectivity index (χ3n) is 5.39. The molecule has 1 aliphatic rings. The Labute approximate surface area is 187 Å². The molecule has 1 aliphatic carbocycles. The van der Waals surface area contributed by atoms with E-state index >= 15 is 0 Å². The molecule has 31 heavy (non-hydrogen) atoms. The number of allylic oxidation sites excluding steroid dienone is 4. The molecule has 0 fully saturated rings. The minimum Gasteiger partial charge on any atom is -0.201 e. The molecule has 5 rings (SSSR count). The molecule has 4 aromatic rings. The topological polar surface area (TPSA) is 0 Å². The largest absolute Gasteiger partial charge is 0.201 e. The summed E-state index contributed by atoms with van der Waals surface area (Å²) in [5, 5.41) is 8.49. The molecule has 4 aromatic carbocycles. The molecule has 0 N–H and O–H groups in total. The molecule has 0 saturated carbocycles. The summed E-state index contributed by atoms with van der Waals surface area (Å²) < 4.78 is 0. The highest BCUT2D eigenvalue weighted by Gasteiger charge is 2.20. The van der Waals surface area contributed by atoms with Crippen LogP contribution >= 0.6 is 15.5 Å². The Morgan fingerprint density at radius 2 is 1.16 bits per heavy atom. The van der Waals surface area contributed by atoms with Gasteiger partial charge in [-0.2, -0.15) is 5.30 Å². The molecule has 0 aliphatic heterocycles. The molecule has 2 heteroatoms. The van der Waals surface area contributed by atoms with Crippen LogP contribution in [0, 0.1) is 0 Å². The van der Waals surface area contributed by atoms with Crippen LogP contribution in [-0.4, -0.2) is 5.29 Å². The van der Waals surface area contributed by atoms with Crippen LogP contribution in [0.5, 0.6) is 0 Å². The normalized spacial score (nSPS) is 13.6. The summed E-state index contributed by atoms with van der Waals surface area (Å²) in [6, 6.07) is 40.1. The van der Waals surface area contributed by atoms with E-state index < -0.39 is 15.5 Å². The van der Waals surface area contributed by atoms with Gasteiger partial charge in [-0.05, 0) is 41.3 Å². The Morgan fingerprint density at radius 3 is 1.74 bits per heavy atom. The smallest absolute Gasteiger partial charge is 0.142 e. The summed E-state index contributed by atoms with van der Waals surface area (Å²) >= 11 is 0. The maximum absolute atomic E-state index is 2.47. The highest BCUT2D eigenvalue weighted by molar-refractivity contribution is 7.80. The second kappa shape index (κ2) is 9.49. The average molecular weight is 434 g/mol. The molecule has 150 valence electrons. The lowest BCUT2D eigenvalue weighted by atomic mass is 10.2. The lowest BCUT2D eigenvalue weighted by Gasteiger charge is -2.23. The number of benzene rings is 3. The quantitative estimate of drug-likeness (QED) is 0.296. The van der Waals surface area contributed by atoms with Gasteiger partial charge in [-0.25, -0.2) is 6.07 Å². The van der Waals surface area contributed by atoms with Gasteiger partial charge in [0, 0.05) is 5.30 Å². The van der Waals surface area contributed by atoms with Crippen molar-refractivity contribution < 1.29 is 0 Å². The van der Waals surface area contributed by atoms with E-state index in [-0.39, 0.29) is 0 Å². The molecule has 0 radical (unpaired) electrons. The van der Waals surface area contributed by atoms with Gasteiger partial charge in [0.1, 0.15) is 18.1 Å². The van der Waals surface area contributed by atoms with Gasteiger partial charge in [0.05, 0.1) is 0 Å². The second-order valence-corrected chi connectivity index (χ2v) is 11.9. The summed E-state index contributed by atoms with van der Waals surface area (Å²) in [7, 11) is -1.13. The molecule has 1 unspecified atom stereocenters. The van der Waals surface area contributed by atoms with Crippen molar-refractivity contribution in [1.82, 2.24) is 0 Å². The lowest BCUT2D eigenvalue weighted by molar-refractivity contribution is 1.39. The Morgan fingerprint density at radius 1 is 0.613 bits per heavy atom. The Kier molecular flexibility index (Phi) is 6.13. The van der Waals surface area contributed by atoms with Crippen molar-refractivity contribution >= 4 is 47.3 Å². The average Bonchev–Trinajstić information content (AvgIpc) is 3.31. The van der Waals surface area contributed by atoms with Crippen LogP contribution in [0.15, 0.2) is 133 Å². The standard InChI is InChI=1S/C29H24P2/c1-5-13-24(14-6-1)30(25-15-7-2-8-16-25)28-21-22-29(23-28)31(26-17-9-3-10-18-26)27-19-11-4-12-20-27/h1-3,5-23H,4H2. The summed E-state index contributed by atoms with van der Waals surface area (Å²) in [5.74, 6) is 0. The van der Waals surface area contributed by atoms with Crippen LogP contribution in [0.25, 0.3) is 0 Å². The molecule has 0 amide bonds. The summed E-state index contributed by atoms with van der Waals surface area (Å²) in [4.78, 5) is 0. The minimum atomic E-state index is -0.571. The first-order chi connectivity index (χ1) is 15.4. The Bertz CT molecular complexity index is 1180. The highest BCUT2D eigenvalue weighted by Crippen LogP contribution is 2.34. The zero-order valence-electron chi connectivity index (χ0n) is 17.3. The van der Waals surface area contributed by atoms with Gasteiger partial charge in [0.25, 0.3) is 0 Å². The van der Waals surface area contributed by atoms with Crippen LogP contribution in [-0.2, 0) is 0 Å². The molecule has 0 bridgehead atoms. The molecule has 0 aromatic heterocycles. The van der Waals surface area contributed by atoms with Crippen molar-refractivity contribution in [2.24, 2.45) is 0 Å². The van der Waals surface area contributed by atoms with Gasteiger partial charge in [0.2, 0.25) is 0 Å². The van der Waals surface area contributed by atoms with E-state index in [1.807, 2.05) is 0 Å². The van der Waals surface area contributed by atoms with Crippen molar-refractivity contribution in [1.29, 1.82) is 0 Å². The van der Waals surface area contributed by atoms with Gasteiger partial charge < -0.3 is 0 Å². The van der Waals surface area contributed by atoms with E-state index in [0.29, 0.717) is 0 Å². The second-order valence-electron chi connectivity index (χ2n) is 7.47. The predicted molar refractivity (Wildman–Crippen MR) is 141 cm³/mol. The first kappa shape index (κ1) is 20.0. The van der Waals surface area contributed by atoms with E-state index in [1.54, 1.807) is 0 Å². The lowest BCUT2D eigenvalue weighted by Crippen LogP contribution is -2.20. The molecule has 0 saturated heterocycles. The molecule has 0 spiro atoms. The maximum Gasteiger partial charge on any atom is 0.142 e. The SMILES string of the molecule is C1=CC(=[P+](c2ccccc2)[c-]2ccc(P(c3ccccc3)c3ccccc3)c2)C=CC1. The van der Waals surface area contributed by atoms with Crippen LogP contribution in [0.3, 0.4) is 0 Å². The fourth-order valence-electron chi connectivity index (χ4n) is 3.98. The zero-order valence-corrected chi connectivity index (χ0v) is 19.1. The molecule has 0 heterocycles. The fourth-order valence-corrected chi connectivity index (χ4v) is 8.78. The van der Waals surface area contributed by atoms with Crippen molar-refractivity contribution in [2.75, 3.05) is 0 Å². The van der Waals surface area contributed by atoms with Crippen LogP contribution in [0.4, 0.5) is 0 Å². The van der Waals surface area contributed by atoms with E-state index in [0.717, 1.165) is 6.42 Å². The zero-order chi connectivity index (χ0) is 20.9.